The van der Waals surface area contributed by atoms with Gasteiger partial charge in [0.05, 0.1) is 0 Å². The minimum absolute atomic E-state index is 0.132. The van der Waals surface area contributed by atoms with Crippen LogP contribution < -0.4 is 14.8 Å². The zero-order chi connectivity index (χ0) is 23.2. The first-order valence-corrected chi connectivity index (χ1v) is 11.5. The molecule has 0 saturated carbocycles. The number of hydrogen-bond acceptors (Lipinski definition) is 6. The van der Waals surface area contributed by atoms with E-state index in [4.69, 9.17) is 9.47 Å². The van der Waals surface area contributed by atoms with Crippen LogP contribution in [0.5, 0.6) is 11.5 Å². The average Bonchev–Trinajstić information content (AvgIpc) is 3.31. The van der Waals surface area contributed by atoms with Crippen LogP contribution in [0.3, 0.4) is 0 Å². The molecule has 0 unspecified atom stereocenters. The minimum atomic E-state index is -0.351. The number of anilines is 1. The first-order chi connectivity index (χ1) is 16.1. The number of nitrogens with zero attached hydrogens (tertiary/aromatic N) is 3. The number of hydrogen-bond donors (Lipinski definition) is 1. The number of rotatable bonds is 7. The van der Waals surface area contributed by atoms with Gasteiger partial charge in [-0.05, 0) is 41.7 Å². The lowest BCUT2D eigenvalue weighted by Crippen LogP contribution is -2.43. The Morgan fingerprint density at radius 1 is 1.06 bits per heavy atom. The van der Waals surface area contributed by atoms with Crippen molar-refractivity contribution in [2.45, 2.75) is 33.2 Å². The lowest BCUT2D eigenvalue weighted by atomic mass is 10.0. The van der Waals surface area contributed by atoms with E-state index in [2.05, 4.69) is 41.1 Å². The molecule has 0 radical (unpaired) electrons. The third-order valence-electron chi connectivity index (χ3n) is 6.16. The fraction of sp³-hybridized carbons (Fsp3) is 0.385. The van der Waals surface area contributed by atoms with Gasteiger partial charge in [0.25, 0.3) is 5.91 Å². The predicted molar refractivity (Wildman–Crippen MR) is 127 cm³/mol. The highest BCUT2D eigenvalue weighted by molar-refractivity contribution is 6.07. The second-order valence-corrected chi connectivity index (χ2v) is 8.27. The summed E-state index contributed by atoms with van der Waals surface area (Å²) in [5.74, 6) is 1.24. The number of ether oxygens (including phenoxy) is 2. The predicted octanol–water partition coefficient (Wildman–Crippen LogP) is 3.70. The number of benzene rings is 2. The maximum absolute atomic E-state index is 12.9. The van der Waals surface area contributed by atoms with Crippen molar-refractivity contribution in [3.05, 3.63) is 64.9 Å². The largest absolute Gasteiger partial charge is 0.454 e. The SMILES string of the molecule is CCc1cccc(CC)c1NC(=O)/C(C#N)=C\N1CCN(Cc2ccc3c(c2)OCO3)CC1. The third-order valence-corrected chi connectivity index (χ3v) is 6.16. The number of piperazine rings is 1. The molecule has 0 spiro atoms. The van der Waals surface area contributed by atoms with Crippen LogP contribution in [-0.4, -0.2) is 48.7 Å². The molecule has 1 saturated heterocycles. The summed E-state index contributed by atoms with van der Waals surface area (Å²) in [6, 6.07) is 14.2. The normalized spacial score (nSPS) is 15.9. The number of aryl methyl sites for hydroxylation is 2. The molecule has 1 N–H and O–H groups in total. The Balaban J connectivity index is 1.36. The van der Waals surface area contributed by atoms with Gasteiger partial charge in [0.2, 0.25) is 6.79 Å². The second kappa shape index (κ2) is 10.4. The molecule has 0 aliphatic carbocycles. The first-order valence-electron chi connectivity index (χ1n) is 11.5. The number of para-hydroxylation sites is 1. The van der Waals surface area contributed by atoms with Crippen molar-refractivity contribution in [1.29, 1.82) is 5.26 Å². The molecule has 1 fully saturated rings. The molecule has 2 aliphatic heterocycles. The zero-order valence-corrected chi connectivity index (χ0v) is 19.3. The van der Waals surface area contributed by atoms with Crippen LogP contribution in [0.25, 0.3) is 0 Å². The summed E-state index contributed by atoms with van der Waals surface area (Å²) in [6.07, 6.45) is 3.34. The fourth-order valence-electron chi connectivity index (χ4n) is 4.25. The molecule has 2 aromatic carbocycles. The number of fused-ring (bicyclic) bond motifs is 1. The highest BCUT2D eigenvalue weighted by Crippen LogP contribution is 2.33. The van der Waals surface area contributed by atoms with Gasteiger partial charge < -0.3 is 19.7 Å². The molecular formula is C26H30N4O3. The molecule has 0 atom stereocenters. The molecule has 0 aromatic heterocycles. The maximum Gasteiger partial charge on any atom is 0.267 e. The van der Waals surface area contributed by atoms with E-state index in [1.165, 1.54) is 5.56 Å². The number of amides is 1. The quantitative estimate of drug-likeness (QED) is 0.516. The van der Waals surface area contributed by atoms with Crippen molar-refractivity contribution >= 4 is 11.6 Å². The Morgan fingerprint density at radius 3 is 2.42 bits per heavy atom. The minimum Gasteiger partial charge on any atom is -0.454 e. The topological polar surface area (TPSA) is 77.8 Å². The molecule has 7 nitrogen and oxygen atoms in total. The van der Waals surface area contributed by atoms with Gasteiger partial charge in [-0.2, -0.15) is 5.26 Å². The average molecular weight is 447 g/mol. The van der Waals surface area contributed by atoms with Crippen molar-refractivity contribution in [3.8, 4) is 17.6 Å². The highest BCUT2D eigenvalue weighted by Gasteiger charge is 2.20. The molecule has 2 aliphatic rings. The van der Waals surface area contributed by atoms with Crippen LogP contribution in [0.2, 0.25) is 0 Å². The maximum atomic E-state index is 12.9. The summed E-state index contributed by atoms with van der Waals surface area (Å²) in [6.45, 7) is 8.45. The van der Waals surface area contributed by atoms with E-state index in [1.54, 1.807) is 6.20 Å². The van der Waals surface area contributed by atoms with Gasteiger partial charge in [-0.3, -0.25) is 9.69 Å². The summed E-state index contributed by atoms with van der Waals surface area (Å²) < 4.78 is 10.8. The van der Waals surface area contributed by atoms with Crippen molar-refractivity contribution in [2.24, 2.45) is 0 Å². The fourth-order valence-corrected chi connectivity index (χ4v) is 4.25. The van der Waals surface area contributed by atoms with E-state index in [-0.39, 0.29) is 18.3 Å². The van der Waals surface area contributed by atoms with Gasteiger partial charge in [0, 0.05) is 44.6 Å². The zero-order valence-electron chi connectivity index (χ0n) is 19.3. The monoisotopic (exact) mass is 446 g/mol. The van der Waals surface area contributed by atoms with Crippen LogP contribution in [0, 0.1) is 11.3 Å². The lowest BCUT2D eigenvalue weighted by Gasteiger charge is -2.34. The summed E-state index contributed by atoms with van der Waals surface area (Å²) in [5.41, 5.74) is 4.31. The number of nitriles is 1. The molecular weight excluding hydrogens is 416 g/mol. The van der Waals surface area contributed by atoms with Crippen LogP contribution in [0.4, 0.5) is 5.69 Å². The van der Waals surface area contributed by atoms with Crippen molar-refractivity contribution in [1.82, 2.24) is 9.80 Å². The number of carbonyl (C=O) groups excluding carboxylic acids is 1. The smallest absolute Gasteiger partial charge is 0.267 e. The molecule has 2 heterocycles. The summed E-state index contributed by atoms with van der Waals surface area (Å²) in [5, 5.41) is 12.6. The second-order valence-electron chi connectivity index (χ2n) is 8.27. The summed E-state index contributed by atoms with van der Waals surface area (Å²) in [7, 11) is 0. The van der Waals surface area contributed by atoms with Crippen LogP contribution in [-0.2, 0) is 24.2 Å². The Labute approximate surface area is 195 Å². The Bertz CT molecular complexity index is 1060. The Morgan fingerprint density at radius 2 is 1.76 bits per heavy atom. The molecule has 172 valence electrons. The number of carbonyl (C=O) groups is 1. The van der Waals surface area contributed by atoms with Gasteiger partial charge in [0.1, 0.15) is 11.6 Å². The molecule has 4 rings (SSSR count). The van der Waals surface area contributed by atoms with Crippen molar-refractivity contribution in [3.63, 3.8) is 0 Å². The lowest BCUT2D eigenvalue weighted by molar-refractivity contribution is -0.112. The Kier molecular flexibility index (Phi) is 7.16. The summed E-state index contributed by atoms with van der Waals surface area (Å²) in [4.78, 5) is 17.3. The van der Waals surface area contributed by atoms with Crippen LogP contribution in [0.15, 0.2) is 48.2 Å². The number of nitrogens with one attached hydrogen (secondary N) is 1. The van der Waals surface area contributed by atoms with Gasteiger partial charge >= 0.3 is 0 Å². The molecule has 2 aromatic rings. The van der Waals surface area contributed by atoms with Gasteiger partial charge in [0.15, 0.2) is 11.5 Å². The van der Waals surface area contributed by atoms with Crippen LogP contribution >= 0.6 is 0 Å². The van der Waals surface area contributed by atoms with E-state index in [0.717, 1.165) is 73.9 Å². The van der Waals surface area contributed by atoms with Gasteiger partial charge in [-0.25, -0.2) is 0 Å². The van der Waals surface area contributed by atoms with E-state index in [9.17, 15) is 10.1 Å². The van der Waals surface area contributed by atoms with Gasteiger partial charge in [-0.15, -0.1) is 0 Å². The molecule has 7 heteroatoms. The van der Waals surface area contributed by atoms with Crippen molar-refractivity contribution in [2.75, 3.05) is 38.3 Å². The summed E-state index contributed by atoms with van der Waals surface area (Å²) >= 11 is 0. The standard InChI is InChI=1S/C26H30N4O3/c1-3-20-6-5-7-21(4-2)25(20)28-26(31)22(15-27)17-30-12-10-29(11-13-30)16-19-8-9-23-24(14-19)33-18-32-23/h5-9,14,17H,3-4,10-13,16,18H2,1-2H3,(H,28,31)/b22-17-. The van der Waals surface area contributed by atoms with Crippen molar-refractivity contribution < 1.29 is 14.3 Å². The molecule has 33 heavy (non-hydrogen) atoms. The molecule has 1 amide bonds. The Hall–Kier alpha value is -3.50. The first kappa shape index (κ1) is 22.7. The van der Waals surface area contributed by atoms with E-state index in [0.29, 0.717) is 0 Å². The highest BCUT2D eigenvalue weighted by atomic mass is 16.7. The third kappa shape index (κ3) is 5.29. The molecule has 0 bridgehead atoms. The van der Waals surface area contributed by atoms with Crippen LogP contribution in [0.1, 0.15) is 30.5 Å². The van der Waals surface area contributed by atoms with E-state index < -0.39 is 0 Å². The van der Waals surface area contributed by atoms with E-state index >= 15 is 0 Å². The van der Waals surface area contributed by atoms with E-state index in [1.807, 2.05) is 30.3 Å². The van der Waals surface area contributed by atoms with Gasteiger partial charge in [-0.1, -0.05) is 38.1 Å².